The number of aromatic nitrogens is 2. The van der Waals surface area contributed by atoms with Crippen LogP contribution in [0.4, 0.5) is 5.69 Å². The van der Waals surface area contributed by atoms with Crippen LogP contribution in [-0.4, -0.2) is 35.5 Å². The second kappa shape index (κ2) is 8.84. The molecule has 1 aromatic carbocycles. The van der Waals surface area contributed by atoms with Crippen LogP contribution in [0.2, 0.25) is 0 Å². The maximum atomic E-state index is 12.4. The lowest BCUT2D eigenvalue weighted by Gasteiger charge is -2.23. The van der Waals surface area contributed by atoms with Gasteiger partial charge in [0.05, 0.1) is 5.69 Å². The molecular formula is C21H30N4O2. The third-order valence-corrected chi connectivity index (χ3v) is 4.43. The summed E-state index contributed by atoms with van der Waals surface area (Å²) in [4.78, 5) is 34.2. The van der Waals surface area contributed by atoms with Crippen LogP contribution in [0.1, 0.15) is 56.0 Å². The van der Waals surface area contributed by atoms with Gasteiger partial charge < -0.3 is 15.2 Å². The SMILES string of the molecule is CCN(CCCNC(=O)c1c(C)nc(C(C)(C)C)[nH]c1=O)c1ccccc1. The van der Waals surface area contributed by atoms with E-state index in [9.17, 15) is 9.59 Å². The molecule has 0 saturated carbocycles. The summed E-state index contributed by atoms with van der Waals surface area (Å²) in [5.74, 6) is 0.215. The Hall–Kier alpha value is -2.63. The summed E-state index contributed by atoms with van der Waals surface area (Å²) in [5.41, 5.74) is 1.06. The van der Waals surface area contributed by atoms with Gasteiger partial charge in [-0.2, -0.15) is 0 Å². The van der Waals surface area contributed by atoms with Crippen LogP contribution in [0.5, 0.6) is 0 Å². The minimum absolute atomic E-state index is 0.0957. The standard InChI is InChI=1S/C21H30N4O2/c1-6-25(16-11-8-7-9-12-16)14-10-13-22-18(26)17-15(2)23-20(21(3,4)5)24-19(17)27/h7-9,11-12H,6,10,13-14H2,1-5H3,(H,22,26)(H,23,24,27). The highest BCUT2D eigenvalue weighted by Crippen LogP contribution is 2.17. The van der Waals surface area contributed by atoms with Gasteiger partial charge in [-0.25, -0.2) is 4.98 Å². The summed E-state index contributed by atoms with van der Waals surface area (Å²) in [6.07, 6.45) is 0.791. The number of H-pyrrole nitrogens is 1. The Bertz CT molecular complexity index is 822. The third kappa shape index (κ3) is 5.42. The summed E-state index contributed by atoms with van der Waals surface area (Å²) in [5, 5.41) is 2.84. The van der Waals surface area contributed by atoms with Gasteiger partial charge in [-0.1, -0.05) is 39.0 Å². The molecule has 2 aromatic rings. The first-order valence-corrected chi connectivity index (χ1v) is 9.43. The van der Waals surface area contributed by atoms with Crippen molar-refractivity contribution in [2.45, 2.75) is 46.5 Å². The smallest absolute Gasteiger partial charge is 0.264 e. The van der Waals surface area contributed by atoms with Crippen LogP contribution in [-0.2, 0) is 5.41 Å². The van der Waals surface area contributed by atoms with Crippen molar-refractivity contribution in [3.63, 3.8) is 0 Å². The number of nitrogens with one attached hydrogen (secondary N) is 2. The number of hydrogen-bond acceptors (Lipinski definition) is 4. The minimum Gasteiger partial charge on any atom is -0.372 e. The Kier molecular flexibility index (Phi) is 6.77. The molecule has 6 heteroatoms. The Labute approximate surface area is 161 Å². The second-order valence-electron chi connectivity index (χ2n) is 7.65. The van der Waals surface area contributed by atoms with E-state index >= 15 is 0 Å². The summed E-state index contributed by atoms with van der Waals surface area (Å²) in [7, 11) is 0. The maximum absolute atomic E-state index is 12.4. The number of anilines is 1. The van der Waals surface area contributed by atoms with Crippen molar-refractivity contribution in [1.29, 1.82) is 0 Å². The number of hydrogen-bond donors (Lipinski definition) is 2. The predicted molar refractivity (Wildman–Crippen MR) is 110 cm³/mol. The molecule has 0 saturated heterocycles. The highest BCUT2D eigenvalue weighted by atomic mass is 16.2. The van der Waals surface area contributed by atoms with E-state index in [1.165, 1.54) is 5.69 Å². The van der Waals surface area contributed by atoms with E-state index in [1.54, 1.807) is 6.92 Å². The Morgan fingerprint density at radius 3 is 2.44 bits per heavy atom. The zero-order chi connectivity index (χ0) is 20.0. The van der Waals surface area contributed by atoms with Gasteiger partial charge in [0.2, 0.25) is 0 Å². The average Bonchev–Trinajstić information content (AvgIpc) is 2.61. The molecule has 0 unspecified atom stereocenters. The highest BCUT2D eigenvalue weighted by molar-refractivity contribution is 5.94. The number of aromatic amines is 1. The molecule has 146 valence electrons. The van der Waals surface area contributed by atoms with Crippen LogP contribution in [0, 0.1) is 6.92 Å². The van der Waals surface area contributed by atoms with Crippen LogP contribution < -0.4 is 15.8 Å². The summed E-state index contributed by atoms with van der Waals surface area (Å²) in [6.45, 7) is 11.9. The summed E-state index contributed by atoms with van der Waals surface area (Å²) >= 11 is 0. The van der Waals surface area contributed by atoms with Crippen molar-refractivity contribution in [2.24, 2.45) is 0 Å². The molecule has 2 N–H and O–H groups in total. The van der Waals surface area contributed by atoms with Gasteiger partial charge in [0, 0.05) is 30.7 Å². The van der Waals surface area contributed by atoms with E-state index in [2.05, 4.69) is 39.2 Å². The number of amides is 1. The predicted octanol–water partition coefficient (Wildman–Crippen LogP) is 3.02. The molecule has 0 fully saturated rings. The number of carbonyl (C=O) groups excluding carboxylic acids is 1. The number of carbonyl (C=O) groups is 1. The molecular weight excluding hydrogens is 340 g/mol. The zero-order valence-corrected chi connectivity index (χ0v) is 16.9. The molecule has 0 bridgehead atoms. The van der Waals surface area contributed by atoms with Crippen LogP contribution in [0.3, 0.4) is 0 Å². The van der Waals surface area contributed by atoms with Gasteiger partial charge in [0.15, 0.2) is 0 Å². The fraction of sp³-hybridized carbons (Fsp3) is 0.476. The lowest BCUT2D eigenvalue weighted by molar-refractivity contribution is 0.0950. The maximum Gasteiger partial charge on any atom is 0.264 e. The molecule has 0 aliphatic rings. The molecule has 0 radical (unpaired) electrons. The molecule has 6 nitrogen and oxygen atoms in total. The minimum atomic E-state index is -0.385. The molecule has 27 heavy (non-hydrogen) atoms. The fourth-order valence-electron chi connectivity index (χ4n) is 2.88. The van der Waals surface area contributed by atoms with Crippen molar-refractivity contribution in [3.8, 4) is 0 Å². The van der Waals surface area contributed by atoms with E-state index in [0.717, 1.165) is 19.5 Å². The van der Waals surface area contributed by atoms with Gasteiger partial charge in [0.25, 0.3) is 11.5 Å². The van der Waals surface area contributed by atoms with Crippen molar-refractivity contribution in [3.05, 3.63) is 57.8 Å². The Morgan fingerprint density at radius 1 is 1.22 bits per heavy atom. The van der Waals surface area contributed by atoms with Gasteiger partial charge in [-0.15, -0.1) is 0 Å². The Balaban J connectivity index is 1.95. The normalized spacial score (nSPS) is 11.3. The van der Waals surface area contributed by atoms with Crippen molar-refractivity contribution in [1.82, 2.24) is 15.3 Å². The number of aryl methyl sites for hydroxylation is 1. The number of rotatable bonds is 7. The van der Waals surface area contributed by atoms with E-state index in [1.807, 2.05) is 39.0 Å². The zero-order valence-electron chi connectivity index (χ0n) is 16.9. The summed E-state index contributed by atoms with van der Waals surface area (Å²) < 4.78 is 0. The first-order chi connectivity index (χ1) is 12.7. The monoisotopic (exact) mass is 370 g/mol. The number of nitrogens with zero attached hydrogens (tertiary/aromatic N) is 2. The number of para-hydroxylation sites is 1. The van der Waals surface area contributed by atoms with E-state index in [-0.39, 0.29) is 22.4 Å². The molecule has 0 aliphatic carbocycles. The van der Waals surface area contributed by atoms with Gasteiger partial charge in [-0.3, -0.25) is 9.59 Å². The van der Waals surface area contributed by atoms with Crippen LogP contribution in [0.15, 0.2) is 35.1 Å². The van der Waals surface area contributed by atoms with E-state index in [0.29, 0.717) is 18.1 Å². The van der Waals surface area contributed by atoms with Gasteiger partial charge in [-0.05, 0) is 32.4 Å². The molecule has 0 atom stereocenters. The lowest BCUT2D eigenvalue weighted by Crippen LogP contribution is -2.35. The molecule has 1 heterocycles. The van der Waals surface area contributed by atoms with Crippen molar-refractivity contribution in [2.75, 3.05) is 24.5 Å². The van der Waals surface area contributed by atoms with Gasteiger partial charge >= 0.3 is 0 Å². The Morgan fingerprint density at radius 2 is 1.89 bits per heavy atom. The highest BCUT2D eigenvalue weighted by Gasteiger charge is 2.21. The fourth-order valence-corrected chi connectivity index (χ4v) is 2.88. The molecule has 2 rings (SSSR count). The molecule has 1 amide bonds. The largest absolute Gasteiger partial charge is 0.372 e. The van der Waals surface area contributed by atoms with Crippen molar-refractivity contribution >= 4 is 11.6 Å². The van der Waals surface area contributed by atoms with E-state index < -0.39 is 0 Å². The first-order valence-electron chi connectivity index (χ1n) is 9.43. The summed E-state index contributed by atoms with van der Waals surface area (Å²) in [6, 6.07) is 10.2. The number of benzene rings is 1. The first kappa shape index (κ1) is 20.7. The average molecular weight is 370 g/mol. The lowest BCUT2D eigenvalue weighted by atomic mass is 9.95. The van der Waals surface area contributed by atoms with Crippen molar-refractivity contribution < 1.29 is 4.79 Å². The molecule has 1 aromatic heterocycles. The quantitative estimate of drug-likeness (QED) is 0.735. The third-order valence-electron chi connectivity index (χ3n) is 4.43. The van der Waals surface area contributed by atoms with Gasteiger partial charge in [0.1, 0.15) is 11.4 Å². The van der Waals surface area contributed by atoms with Crippen LogP contribution >= 0.6 is 0 Å². The van der Waals surface area contributed by atoms with Crippen LogP contribution in [0.25, 0.3) is 0 Å². The topological polar surface area (TPSA) is 78.1 Å². The molecule has 0 spiro atoms. The van der Waals surface area contributed by atoms with E-state index in [4.69, 9.17) is 0 Å². The molecule has 0 aliphatic heterocycles. The second-order valence-corrected chi connectivity index (χ2v) is 7.65.